The first-order valence-corrected chi connectivity index (χ1v) is 4.22. The number of ether oxygens (including phenoxy) is 1. The molecule has 1 aliphatic heterocycles. The second kappa shape index (κ2) is 4.47. The van der Waals surface area contributed by atoms with Crippen LogP contribution in [0.2, 0.25) is 0 Å². The summed E-state index contributed by atoms with van der Waals surface area (Å²) >= 11 is 0. The molecule has 0 fully saturated rings. The highest BCUT2D eigenvalue weighted by Gasteiger charge is 2.15. The number of allylic oxidation sites excluding steroid dienone is 1. The van der Waals surface area contributed by atoms with Gasteiger partial charge in [0.15, 0.2) is 12.4 Å². The molecule has 0 aromatic carbocycles. The van der Waals surface area contributed by atoms with E-state index in [1.54, 1.807) is 37.2 Å². The third kappa shape index (κ3) is 2.94. The monoisotopic (exact) mass is 193 g/mol. The van der Waals surface area contributed by atoms with E-state index in [0.29, 0.717) is 0 Å². The number of carbonyl (C=O) groups is 1. The molecule has 0 aromatic rings. The topological polar surface area (TPSA) is 32.6 Å². The van der Waals surface area contributed by atoms with Gasteiger partial charge >= 0.3 is 6.09 Å². The van der Waals surface area contributed by atoms with E-state index >= 15 is 0 Å². The van der Waals surface area contributed by atoms with Gasteiger partial charge in [-0.25, -0.2) is 9.37 Å². The number of hydrogen-bond acceptors (Lipinski definition) is 2. The summed E-state index contributed by atoms with van der Waals surface area (Å²) in [6.07, 6.45) is 4.37. The molecule has 0 saturated heterocycles. The fourth-order valence-corrected chi connectivity index (χ4v) is 0.860. The van der Waals surface area contributed by atoms with E-state index in [1.165, 1.54) is 4.90 Å². The molecule has 74 valence electrons. The lowest BCUT2D eigenvalue weighted by Gasteiger charge is -2.11. The van der Waals surface area contributed by atoms with Crippen LogP contribution in [0.15, 0.2) is 12.3 Å². The van der Waals surface area contributed by atoms with E-state index in [1.807, 2.05) is 7.05 Å². The van der Waals surface area contributed by atoms with Gasteiger partial charge in [0.25, 0.3) is 0 Å². The van der Waals surface area contributed by atoms with Crippen LogP contribution in [-0.4, -0.2) is 49.0 Å². The van der Waals surface area contributed by atoms with E-state index in [2.05, 4.69) is 11.8 Å². The number of nitrogens with zero attached hydrogens (tertiary/aromatic N) is 2. The van der Waals surface area contributed by atoms with Crippen LogP contribution in [0.5, 0.6) is 0 Å². The minimum absolute atomic E-state index is 0.393. The molecule has 4 heteroatoms. The van der Waals surface area contributed by atoms with Gasteiger partial charge in [-0.15, -0.1) is 0 Å². The van der Waals surface area contributed by atoms with Crippen molar-refractivity contribution in [3.63, 3.8) is 0 Å². The molecule has 0 spiro atoms. The van der Waals surface area contributed by atoms with E-state index < -0.39 is 12.2 Å². The maximum atomic E-state index is 11.2. The maximum Gasteiger partial charge on any atom is 0.411 e. The van der Waals surface area contributed by atoms with E-state index in [0.717, 1.165) is 0 Å². The number of carbonyl (C=O) groups excluding carboxylic acids is 1. The van der Waals surface area contributed by atoms with Crippen molar-refractivity contribution in [2.24, 2.45) is 0 Å². The van der Waals surface area contributed by atoms with Crippen molar-refractivity contribution >= 4 is 12.3 Å². The molecule has 0 aromatic heterocycles. The minimum atomic E-state index is -0.482. The Morgan fingerprint density at radius 2 is 2.29 bits per heavy atom. The predicted octanol–water partition coefficient (Wildman–Crippen LogP) is 0.297. The Morgan fingerprint density at radius 1 is 1.57 bits per heavy atom. The molecular weight excluding hydrogens is 180 g/mol. The Labute approximate surface area is 83.5 Å². The molecule has 1 unspecified atom stereocenters. The molecule has 4 nitrogen and oxygen atoms in total. The van der Waals surface area contributed by atoms with Crippen LogP contribution in [0.3, 0.4) is 0 Å². The van der Waals surface area contributed by atoms with Crippen LogP contribution < -0.4 is 0 Å². The van der Waals surface area contributed by atoms with Gasteiger partial charge in [-0.05, 0) is 5.92 Å². The normalized spacial score (nSPS) is 18.8. The number of amides is 1. The standard InChI is InChI=1S/C10H13N2O2/c1-11(2)10(13)14-9-6-4-5-7-12(3)8-9/h5,7-9H,1-3H3/q+1. The summed E-state index contributed by atoms with van der Waals surface area (Å²) in [5, 5.41) is 0. The second-order valence-electron chi connectivity index (χ2n) is 3.12. The van der Waals surface area contributed by atoms with Gasteiger partial charge in [0, 0.05) is 14.1 Å². The first kappa shape index (κ1) is 10.3. The Morgan fingerprint density at radius 3 is 2.93 bits per heavy atom. The van der Waals surface area contributed by atoms with Crippen LogP contribution >= 0.6 is 0 Å². The predicted molar refractivity (Wildman–Crippen MR) is 53.1 cm³/mol. The van der Waals surface area contributed by atoms with E-state index in [-0.39, 0.29) is 0 Å². The highest BCUT2D eigenvalue weighted by Crippen LogP contribution is 1.94. The molecule has 0 bridgehead atoms. The van der Waals surface area contributed by atoms with Crippen LogP contribution in [-0.2, 0) is 4.74 Å². The Kier molecular flexibility index (Phi) is 3.29. The second-order valence-corrected chi connectivity index (χ2v) is 3.12. The highest BCUT2D eigenvalue weighted by atomic mass is 16.6. The fourth-order valence-electron chi connectivity index (χ4n) is 0.860. The number of rotatable bonds is 1. The summed E-state index contributed by atoms with van der Waals surface area (Å²) in [4.78, 5) is 12.6. The van der Waals surface area contributed by atoms with Crippen molar-refractivity contribution in [1.82, 2.24) is 4.90 Å². The zero-order valence-corrected chi connectivity index (χ0v) is 8.52. The van der Waals surface area contributed by atoms with Crippen LogP contribution in [0.4, 0.5) is 4.79 Å². The molecule has 1 aliphatic rings. The molecule has 1 rings (SSSR count). The summed E-state index contributed by atoms with van der Waals surface area (Å²) in [6.45, 7) is 0. The molecule has 0 aliphatic carbocycles. The molecular formula is C10H13N2O2+. The van der Waals surface area contributed by atoms with Crippen LogP contribution in [0.1, 0.15) is 0 Å². The quantitative estimate of drug-likeness (QED) is 0.443. The van der Waals surface area contributed by atoms with Gasteiger partial charge in [-0.3, -0.25) is 0 Å². The third-order valence-electron chi connectivity index (χ3n) is 1.58. The molecule has 1 atom stereocenters. The first-order chi connectivity index (χ1) is 6.59. The van der Waals surface area contributed by atoms with Crippen molar-refractivity contribution in [1.29, 1.82) is 0 Å². The molecule has 14 heavy (non-hydrogen) atoms. The van der Waals surface area contributed by atoms with Gasteiger partial charge in [0.2, 0.25) is 6.10 Å². The van der Waals surface area contributed by atoms with Crippen molar-refractivity contribution in [2.75, 3.05) is 21.1 Å². The largest absolute Gasteiger partial charge is 0.422 e. The van der Waals surface area contributed by atoms with Crippen molar-refractivity contribution in [3.8, 4) is 11.8 Å². The van der Waals surface area contributed by atoms with Gasteiger partial charge in [0.05, 0.1) is 6.08 Å². The maximum absolute atomic E-state index is 11.2. The van der Waals surface area contributed by atoms with Gasteiger partial charge in [-0.2, -0.15) is 0 Å². The first-order valence-electron chi connectivity index (χ1n) is 4.22. The summed E-state index contributed by atoms with van der Waals surface area (Å²) in [5.74, 6) is 5.57. The Bertz CT molecular complexity index is 345. The minimum Gasteiger partial charge on any atom is -0.422 e. The van der Waals surface area contributed by atoms with Crippen molar-refractivity contribution in [3.05, 3.63) is 12.3 Å². The lowest BCUT2D eigenvalue weighted by atomic mass is 10.4. The van der Waals surface area contributed by atoms with Gasteiger partial charge in [0.1, 0.15) is 7.05 Å². The molecule has 0 N–H and O–H groups in total. The van der Waals surface area contributed by atoms with Crippen molar-refractivity contribution in [2.45, 2.75) is 6.10 Å². The lowest BCUT2D eigenvalue weighted by molar-refractivity contribution is -0.419. The Balaban J connectivity index is 2.65. The summed E-state index contributed by atoms with van der Waals surface area (Å²) in [6, 6.07) is 0. The van der Waals surface area contributed by atoms with Crippen molar-refractivity contribution < 1.29 is 14.1 Å². The van der Waals surface area contributed by atoms with Gasteiger partial charge in [-0.1, -0.05) is 5.92 Å². The smallest absolute Gasteiger partial charge is 0.411 e. The summed E-state index contributed by atoms with van der Waals surface area (Å²) in [7, 11) is 5.12. The molecule has 0 saturated carbocycles. The fraction of sp³-hybridized carbons (Fsp3) is 0.400. The average molecular weight is 193 g/mol. The van der Waals surface area contributed by atoms with Gasteiger partial charge < -0.3 is 9.64 Å². The highest BCUT2D eigenvalue weighted by molar-refractivity contribution is 5.73. The van der Waals surface area contributed by atoms with Crippen LogP contribution in [0, 0.1) is 11.8 Å². The molecule has 0 radical (unpaired) electrons. The zero-order valence-electron chi connectivity index (χ0n) is 8.52. The summed E-state index contributed by atoms with van der Waals surface area (Å²) in [5.41, 5.74) is 0. The Hall–Kier alpha value is -1.76. The van der Waals surface area contributed by atoms with E-state index in [9.17, 15) is 4.79 Å². The SMILES string of the molecule is CN(C)C(=O)OC1C#CC=C[N+](C)=C1. The summed E-state index contributed by atoms with van der Waals surface area (Å²) < 4.78 is 6.87. The van der Waals surface area contributed by atoms with Crippen LogP contribution in [0.25, 0.3) is 0 Å². The lowest BCUT2D eigenvalue weighted by Crippen LogP contribution is -2.29. The number of hydrogen-bond donors (Lipinski definition) is 0. The average Bonchev–Trinajstić information content (AvgIpc) is 2.29. The third-order valence-corrected chi connectivity index (χ3v) is 1.58. The molecule has 1 heterocycles. The van der Waals surface area contributed by atoms with E-state index in [4.69, 9.17) is 4.74 Å². The zero-order chi connectivity index (χ0) is 10.6. The molecule has 1 amide bonds.